The molecule has 0 atom stereocenters. The summed E-state index contributed by atoms with van der Waals surface area (Å²) < 4.78 is 1.09. The van der Waals surface area contributed by atoms with E-state index in [1.165, 1.54) is 11.3 Å². The second-order valence-corrected chi connectivity index (χ2v) is 5.20. The largest absolute Gasteiger partial charge is 0.293 e. The molecule has 0 spiro atoms. The van der Waals surface area contributed by atoms with Crippen molar-refractivity contribution in [2.75, 3.05) is 0 Å². The van der Waals surface area contributed by atoms with Gasteiger partial charge in [-0.15, -0.1) is 11.3 Å². The molecule has 3 heteroatoms. The summed E-state index contributed by atoms with van der Waals surface area (Å²) in [6, 6.07) is 7.88. The maximum absolute atomic E-state index is 11.9. The van der Waals surface area contributed by atoms with Crippen LogP contribution in [0.3, 0.4) is 0 Å². The summed E-state index contributed by atoms with van der Waals surface area (Å²) in [6.45, 7) is 2.08. The number of benzene rings is 1. The molecule has 1 nitrogen and oxygen atoms in total. The number of thiophene rings is 1. The standard InChI is InChI=1S/C13H13ClOS/c1-2-3-7-10(15)13-12(14)9-6-4-5-8-11(9)16-13/h4-6,8H,2-3,7H2,1H3. The highest BCUT2D eigenvalue weighted by molar-refractivity contribution is 7.21. The Morgan fingerprint density at radius 3 is 2.81 bits per heavy atom. The molecule has 0 bridgehead atoms. The van der Waals surface area contributed by atoms with Crippen LogP contribution in [0.2, 0.25) is 5.02 Å². The molecule has 1 aromatic heterocycles. The number of ketones is 1. The van der Waals surface area contributed by atoms with Gasteiger partial charge in [-0.05, 0) is 12.5 Å². The van der Waals surface area contributed by atoms with Crippen LogP contribution in [0, 0.1) is 0 Å². The van der Waals surface area contributed by atoms with Gasteiger partial charge in [0.1, 0.15) is 0 Å². The molecule has 0 aliphatic carbocycles. The monoisotopic (exact) mass is 252 g/mol. The third-order valence-electron chi connectivity index (χ3n) is 2.55. The van der Waals surface area contributed by atoms with E-state index in [1.54, 1.807) is 0 Å². The van der Waals surface area contributed by atoms with Gasteiger partial charge in [0.25, 0.3) is 0 Å². The van der Waals surface area contributed by atoms with Gasteiger partial charge in [0.2, 0.25) is 0 Å². The Labute approximate surface area is 104 Å². The van der Waals surface area contributed by atoms with E-state index in [4.69, 9.17) is 11.6 Å². The van der Waals surface area contributed by atoms with Crippen molar-refractivity contribution in [3.05, 3.63) is 34.2 Å². The predicted molar refractivity (Wildman–Crippen MR) is 70.7 cm³/mol. The third kappa shape index (κ3) is 2.13. The number of carbonyl (C=O) groups is 1. The molecule has 0 unspecified atom stereocenters. The summed E-state index contributed by atoms with van der Waals surface area (Å²) >= 11 is 7.72. The van der Waals surface area contributed by atoms with Crippen molar-refractivity contribution in [2.24, 2.45) is 0 Å². The summed E-state index contributed by atoms with van der Waals surface area (Å²) in [6.07, 6.45) is 2.57. The molecule has 0 saturated heterocycles. The maximum Gasteiger partial charge on any atom is 0.174 e. The van der Waals surface area contributed by atoms with Gasteiger partial charge in [0.15, 0.2) is 5.78 Å². The van der Waals surface area contributed by atoms with Crippen molar-refractivity contribution in [3.63, 3.8) is 0 Å². The molecule has 1 aromatic carbocycles. The van der Waals surface area contributed by atoms with E-state index in [2.05, 4.69) is 6.92 Å². The predicted octanol–water partition coefficient (Wildman–Crippen LogP) is 4.93. The summed E-state index contributed by atoms with van der Waals surface area (Å²) in [5, 5.41) is 1.62. The molecule has 0 aliphatic rings. The molecule has 0 saturated carbocycles. The molecule has 16 heavy (non-hydrogen) atoms. The Hall–Kier alpha value is -0.860. The van der Waals surface area contributed by atoms with Crippen LogP contribution < -0.4 is 0 Å². The molecule has 1 heterocycles. The van der Waals surface area contributed by atoms with Gasteiger partial charge in [-0.25, -0.2) is 0 Å². The summed E-state index contributed by atoms with van der Waals surface area (Å²) in [5.41, 5.74) is 0. The van der Waals surface area contributed by atoms with E-state index < -0.39 is 0 Å². The minimum atomic E-state index is 0.174. The second-order valence-electron chi connectivity index (χ2n) is 3.77. The molecule has 0 amide bonds. The van der Waals surface area contributed by atoms with E-state index >= 15 is 0 Å². The first kappa shape index (κ1) is 11.6. The minimum absolute atomic E-state index is 0.174. The molecular formula is C13H13ClOS. The van der Waals surface area contributed by atoms with Crippen LogP contribution in [0.5, 0.6) is 0 Å². The Balaban J connectivity index is 2.37. The molecule has 0 N–H and O–H groups in total. The molecule has 0 radical (unpaired) electrons. The zero-order valence-electron chi connectivity index (χ0n) is 9.13. The number of rotatable bonds is 4. The molecule has 0 aliphatic heterocycles. The van der Waals surface area contributed by atoms with Gasteiger partial charge in [-0.1, -0.05) is 43.1 Å². The van der Waals surface area contributed by atoms with Crippen molar-refractivity contribution in [1.29, 1.82) is 0 Å². The summed E-state index contributed by atoms with van der Waals surface area (Å²) in [5.74, 6) is 0.174. The highest BCUT2D eigenvalue weighted by Gasteiger charge is 2.15. The van der Waals surface area contributed by atoms with Gasteiger partial charge in [-0.3, -0.25) is 4.79 Å². The first-order valence-electron chi connectivity index (χ1n) is 5.44. The topological polar surface area (TPSA) is 17.1 Å². The zero-order valence-corrected chi connectivity index (χ0v) is 10.7. The number of Topliss-reactive ketones (excluding diaryl/α,β-unsaturated/α-hetero) is 1. The van der Waals surface area contributed by atoms with Crippen molar-refractivity contribution in [3.8, 4) is 0 Å². The first-order valence-corrected chi connectivity index (χ1v) is 6.63. The maximum atomic E-state index is 11.9. The van der Waals surface area contributed by atoms with Gasteiger partial charge >= 0.3 is 0 Å². The Bertz CT molecular complexity index is 516. The van der Waals surface area contributed by atoms with Gasteiger partial charge in [0.05, 0.1) is 9.90 Å². The number of unbranched alkanes of at least 4 members (excludes halogenated alkanes) is 1. The smallest absolute Gasteiger partial charge is 0.174 e. The zero-order chi connectivity index (χ0) is 11.5. The molecular weight excluding hydrogens is 240 g/mol. The number of hydrogen-bond acceptors (Lipinski definition) is 2. The lowest BCUT2D eigenvalue weighted by molar-refractivity contribution is 0.0984. The third-order valence-corrected chi connectivity index (χ3v) is 4.26. The second kappa shape index (κ2) is 4.98. The average molecular weight is 253 g/mol. The fourth-order valence-corrected chi connectivity index (χ4v) is 3.15. The van der Waals surface area contributed by atoms with Gasteiger partial charge in [-0.2, -0.15) is 0 Å². The lowest BCUT2D eigenvalue weighted by Gasteiger charge is -1.96. The Kier molecular flexibility index (Phi) is 3.62. The number of fused-ring (bicyclic) bond motifs is 1. The molecule has 0 fully saturated rings. The lowest BCUT2D eigenvalue weighted by Crippen LogP contribution is -1.95. The van der Waals surface area contributed by atoms with E-state index in [0.717, 1.165) is 27.8 Å². The highest BCUT2D eigenvalue weighted by atomic mass is 35.5. The van der Waals surface area contributed by atoms with Crippen molar-refractivity contribution in [2.45, 2.75) is 26.2 Å². The fraction of sp³-hybridized carbons (Fsp3) is 0.308. The quantitative estimate of drug-likeness (QED) is 0.706. The summed E-state index contributed by atoms with van der Waals surface area (Å²) in [7, 11) is 0. The molecule has 84 valence electrons. The number of halogens is 1. The highest BCUT2D eigenvalue weighted by Crippen LogP contribution is 2.35. The van der Waals surface area contributed by atoms with E-state index in [1.807, 2.05) is 24.3 Å². The van der Waals surface area contributed by atoms with Gasteiger partial charge in [0, 0.05) is 16.5 Å². The molecule has 2 aromatic rings. The normalized spacial score (nSPS) is 10.9. The Morgan fingerprint density at radius 2 is 2.12 bits per heavy atom. The number of hydrogen-bond donors (Lipinski definition) is 0. The fourth-order valence-electron chi connectivity index (χ4n) is 1.64. The lowest BCUT2D eigenvalue weighted by atomic mass is 10.1. The van der Waals surface area contributed by atoms with Crippen LogP contribution in [-0.4, -0.2) is 5.78 Å². The van der Waals surface area contributed by atoms with Crippen LogP contribution in [0.25, 0.3) is 10.1 Å². The van der Waals surface area contributed by atoms with Crippen LogP contribution in [0.1, 0.15) is 35.9 Å². The SMILES string of the molecule is CCCCC(=O)c1sc2ccccc2c1Cl. The van der Waals surface area contributed by atoms with E-state index in [-0.39, 0.29) is 5.78 Å². The van der Waals surface area contributed by atoms with E-state index in [9.17, 15) is 4.79 Å². The van der Waals surface area contributed by atoms with Crippen molar-refractivity contribution in [1.82, 2.24) is 0 Å². The van der Waals surface area contributed by atoms with Crippen molar-refractivity contribution >= 4 is 38.8 Å². The van der Waals surface area contributed by atoms with E-state index in [0.29, 0.717) is 11.4 Å². The van der Waals surface area contributed by atoms with Gasteiger partial charge < -0.3 is 0 Å². The first-order chi connectivity index (χ1) is 7.74. The van der Waals surface area contributed by atoms with Crippen LogP contribution >= 0.6 is 22.9 Å². The molecule has 2 rings (SSSR count). The Morgan fingerprint density at radius 1 is 1.38 bits per heavy atom. The number of carbonyl (C=O) groups excluding carboxylic acids is 1. The minimum Gasteiger partial charge on any atom is -0.293 e. The average Bonchev–Trinajstić information content (AvgIpc) is 2.64. The van der Waals surface area contributed by atoms with Crippen LogP contribution in [0.4, 0.5) is 0 Å². The van der Waals surface area contributed by atoms with Crippen LogP contribution in [-0.2, 0) is 0 Å². The van der Waals surface area contributed by atoms with Crippen molar-refractivity contribution < 1.29 is 4.79 Å². The summed E-state index contributed by atoms with van der Waals surface area (Å²) in [4.78, 5) is 12.6. The van der Waals surface area contributed by atoms with Crippen LogP contribution in [0.15, 0.2) is 24.3 Å².